The number of carbonyl (C=O) groups is 1. The van der Waals surface area contributed by atoms with Crippen molar-refractivity contribution >= 4 is 22.5 Å². The molecule has 0 bridgehead atoms. The molecule has 1 amide bonds. The Morgan fingerprint density at radius 1 is 1.26 bits per heavy atom. The number of aromatic nitrogens is 2. The molecule has 8 heteroatoms. The Hall–Kier alpha value is -2.45. The number of aliphatic hydroxyl groups is 1. The molecule has 1 aromatic carbocycles. The van der Waals surface area contributed by atoms with Crippen molar-refractivity contribution in [3.8, 4) is 0 Å². The summed E-state index contributed by atoms with van der Waals surface area (Å²) in [7, 11) is 0. The molecule has 1 aromatic heterocycles. The number of hydrogen-bond acceptors (Lipinski definition) is 6. The van der Waals surface area contributed by atoms with Crippen LogP contribution in [-0.2, 0) is 16.1 Å². The minimum Gasteiger partial charge on any atom is -0.395 e. The van der Waals surface area contributed by atoms with Crippen molar-refractivity contribution in [3.63, 3.8) is 0 Å². The van der Waals surface area contributed by atoms with Gasteiger partial charge in [0.2, 0.25) is 5.91 Å². The smallest absolute Gasteiger partial charge is 0.261 e. The monoisotopic (exact) mass is 372 g/mol. The van der Waals surface area contributed by atoms with Crippen LogP contribution in [0.25, 0.3) is 10.9 Å². The molecule has 27 heavy (non-hydrogen) atoms. The highest BCUT2D eigenvalue weighted by Crippen LogP contribution is 2.22. The summed E-state index contributed by atoms with van der Waals surface area (Å²) < 4.78 is 6.74. The molecule has 1 atom stereocenters. The number of rotatable bonds is 4. The van der Waals surface area contributed by atoms with E-state index in [4.69, 9.17) is 9.84 Å². The fraction of sp³-hybridized carbons (Fsp3) is 0.526. The number of anilines is 1. The lowest BCUT2D eigenvalue weighted by atomic mass is 10.1. The van der Waals surface area contributed by atoms with Crippen LogP contribution in [0.3, 0.4) is 0 Å². The second kappa shape index (κ2) is 7.66. The van der Waals surface area contributed by atoms with Gasteiger partial charge in [-0.05, 0) is 24.6 Å². The van der Waals surface area contributed by atoms with Gasteiger partial charge in [-0.15, -0.1) is 0 Å². The Bertz CT molecular complexity index is 883. The van der Waals surface area contributed by atoms with E-state index in [0.29, 0.717) is 37.2 Å². The van der Waals surface area contributed by atoms with E-state index in [2.05, 4.69) is 9.88 Å². The first-order chi connectivity index (χ1) is 13.2. The van der Waals surface area contributed by atoms with E-state index in [1.807, 2.05) is 17.0 Å². The topological polar surface area (TPSA) is 87.9 Å². The number of amides is 1. The van der Waals surface area contributed by atoms with Gasteiger partial charge in [-0.2, -0.15) is 0 Å². The summed E-state index contributed by atoms with van der Waals surface area (Å²) in [6.07, 6.45) is 2.30. The van der Waals surface area contributed by atoms with E-state index < -0.39 is 0 Å². The SMILES string of the molecule is O=C(C1CCOC1)N1CCN(c2ccc3c(=O)n(CCO)cnc3c2)CC1. The van der Waals surface area contributed by atoms with Gasteiger partial charge in [0.15, 0.2) is 0 Å². The molecule has 2 aliphatic rings. The van der Waals surface area contributed by atoms with Crippen molar-refractivity contribution in [1.82, 2.24) is 14.5 Å². The van der Waals surface area contributed by atoms with Gasteiger partial charge in [0.25, 0.3) is 5.56 Å². The molecule has 0 saturated carbocycles. The molecule has 2 aliphatic heterocycles. The van der Waals surface area contributed by atoms with Gasteiger partial charge in [-0.25, -0.2) is 4.98 Å². The van der Waals surface area contributed by atoms with Crippen molar-refractivity contribution in [3.05, 3.63) is 34.9 Å². The Balaban J connectivity index is 1.46. The van der Waals surface area contributed by atoms with Gasteiger partial charge in [-0.1, -0.05) is 0 Å². The average Bonchev–Trinajstić information content (AvgIpc) is 3.24. The number of fused-ring (bicyclic) bond motifs is 1. The zero-order valence-corrected chi connectivity index (χ0v) is 15.2. The zero-order valence-electron chi connectivity index (χ0n) is 15.2. The molecule has 2 saturated heterocycles. The maximum Gasteiger partial charge on any atom is 0.261 e. The normalized spacial score (nSPS) is 20.4. The standard InChI is InChI=1S/C19H24N4O4/c24-9-8-23-13-20-17-11-15(1-2-16(17)19(23)26)21-4-6-22(7-5-21)18(25)14-3-10-27-12-14/h1-2,11,13-14,24H,3-10,12H2. The second-order valence-electron chi connectivity index (χ2n) is 7.04. The largest absolute Gasteiger partial charge is 0.395 e. The van der Waals surface area contributed by atoms with E-state index in [1.165, 1.54) is 10.9 Å². The molecule has 0 aliphatic carbocycles. The fourth-order valence-corrected chi connectivity index (χ4v) is 3.78. The molecule has 4 rings (SSSR count). The van der Waals surface area contributed by atoms with E-state index in [0.717, 1.165) is 25.2 Å². The molecule has 1 unspecified atom stereocenters. The van der Waals surface area contributed by atoms with Crippen LogP contribution in [0.1, 0.15) is 6.42 Å². The van der Waals surface area contributed by atoms with E-state index in [9.17, 15) is 9.59 Å². The third kappa shape index (κ3) is 3.54. The lowest BCUT2D eigenvalue weighted by Crippen LogP contribution is -2.50. The highest BCUT2D eigenvalue weighted by atomic mass is 16.5. The summed E-state index contributed by atoms with van der Waals surface area (Å²) in [6, 6.07) is 5.64. The van der Waals surface area contributed by atoms with Crippen LogP contribution in [0.5, 0.6) is 0 Å². The van der Waals surface area contributed by atoms with Gasteiger partial charge in [-0.3, -0.25) is 14.2 Å². The summed E-state index contributed by atoms with van der Waals surface area (Å²) in [6.45, 7) is 4.27. The molecule has 2 aromatic rings. The van der Waals surface area contributed by atoms with Crippen LogP contribution in [-0.4, -0.2) is 71.5 Å². The first-order valence-electron chi connectivity index (χ1n) is 9.39. The highest BCUT2D eigenvalue weighted by Gasteiger charge is 2.30. The van der Waals surface area contributed by atoms with Gasteiger partial charge in [0, 0.05) is 38.5 Å². The second-order valence-corrected chi connectivity index (χ2v) is 7.04. The minimum atomic E-state index is -0.144. The lowest BCUT2D eigenvalue weighted by Gasteiger charge is -2.37. The maximum absolute atomic E-state index is 12.5. The number of benzene rings is 1. The Morgan fingerprint density at radius 3 is 2.78 bits per heavy atom. The van der Waals surface area contributed by atoms with Gasteiger partial charge in [0.05, 0.1) is 42.9 Å². The molecular formula is C19H24N4O4. The van der Waals surface area contributed by atoms with Gasteiger partial charge >= 0.3 is 0 Å². The maximum atomic E-state index is 12.5. The molecule has 144 valence electrons. The molecule has 0 radical (unpaired) electrons. The highest BCUT2D eigenvalue weighted by molar-refractivity contribution is 5.82. The fourth-order valence-electron chi connectivity index (χ4n) is 3.78. The van der Waals surface area contributed by atoms with Gasteiger partial charge < -0.3 is 19.6 Å². The van der Waals surface area contributed by atoms with Crippen LogP contribution < -0.4 is 10.5 Å². The number of hydrogen-bond donors (Lipinski definition) is 1. The number of piperazine rings is 1. The van der Waals surface area contributed by atoms with Crippen LogP contribution in [0.2, 0.25) is 0 Å². The number of ether oxygens (including phenoxy) is 1. The molecule has 8 nitrogen and oxygen atoms in total. The predicted molar refractivity (Wildman–Crippen MR) is 101 cm³/mol. The van der Waals surface area contributed by atoms with Crippen LogP contribution in [0.4, 0.5) is 5.69 Å². The third-order valence-electron chi connectivity index (χ3n) is 5.39. The minimum absolute atomic E-state index is 0.0162. The van der Waals surface area contributed by atoms with Crippen LogP contribution >= 0.6 is 0 Å². The predicted octanol–water partition coefficient (Wildman–Crippen LogP) is 0.0739. The number of nitrogens with zero attached hydrogens (tertiary/aromatic N) is 4. The molecular weight excluding hydrogens is 348 g/mol. The first-order valence-corrected chi connectivity index (χ1v) is 9.39. The lowest BCUT2D eigenvalue weighted by molar-refractivity contribution is -0.135. The molecule has 2 fully saturated rings. The Morgan fingerprint density at radius 2 is 2.07 bits per heavy atom. The Labute approximate surface area is 157 Å². The van der Waals surface area contributed by atoms with E-state index >= 15 is 0 Å². The van der Waals surface area contributed by atoms with Crippen molar-refractivity contribution in [1.29, 1.82) is 0 Å². The average molecular weight is 372 g/mol. The van der Waals surface area contributed by atoms with Crippen LogP contribution in [0.15, 0.2) is 29.3 Å². The number of aliphatic hydroxyl groups excluding tert-OH is 1. The van der Waals surface area contributed by atoms with Crippen molar-refractivity contribution in [2.45, 2.75) is 13.0 Å². The van der Waals surface area contributed by atoms with E-state index in [-0.39, 0.29) is 30.5 Å². The third-order valence-corrected chi connectivity index (χ3v) is 5.39. The zero-order chi connectivity index (χ0) is 18.8. The Kier molecular flexibility index (Phi) is 5.09. The summed E-state index contributed by atoms with van der Waals surface area (Å²) in [5, 5.41) is 9.58. The summed E-state index contributed by atoms with van der Waals surface area (Å²) >= 11 is 0. The quantitative estimate of drug-likeness (QED) is 0.818. The summed E-state index contributed by atoms with van der Waals surface area (Å²) in [4.78, 5) is 33.4. The first kappa shape index (κ1) is 17.9. The molecule has 3 heterocycles. The van der Waals surface area contributed by atoms with Gasteiger partial charge in [0.1, 0.15) is 0 Å². The van der Waals surface area contributed by atoms with Crippen molar-refractivity contribution in [2.24, 2.45) is 5.92 Å². The van der Waals surface area contributed by atoms with Crippen molar-refractivity contribution < 1.29 is 14.6 Å². The van der Waals surface area contributed by atoms with Crippen LogP contribution in [0, 0.1) is 5.92 Å². The summed E-state index contributed by atoms with van der Waals surface area (Å²) in [5.74, 6) is 0.222. The van der Waals surface area contributed by atoms with E-state index in [1.54, 1.807) is 6.07 Å². The van der Waals surface area contributed by atoms with Crippen molar-refractivity contribution in [2.75, 3.05) is 50.9 Å². The summed E-state index contributed by atoms with van der Waals surface area (Å²) in [5.41, 5.74) is 1.51. The molecule has 0 spiro atoms. The molecule has 1 N–H and O–H groups in total. The number of carbonyl (C=O) groups excluding carboxylic acids is 1.